The molecule has 4 N–H and O–H groups in total. The lowest BCUT2D eigenvalue weighted by atomic mass is 10.0. The highest BCUT2D eigenvalue weighted by molar-refractivity contribution is 5.95. The minimum Gasteiger partial charge on any atom is -0.478 e. The Morgan fingerprint density at radius 3 is 1.56 bits per heavy atom. The number of aliphatic hydroxyl groups is 1. The molecule has 1 fully saturated rings. The van der Waals surface area contributed by atoms with E-state index in [-0.39, 0.29) is 11.1 Å². The molecular formula is C24H27NO9. The van der Waals surface area contributed by atoms with Crippen molar-refractivity contribution in [3.8, 4) is 0 Å². The summed E-state index contributed by atoms with van der Waals surface area (Å²) in [4.78, 5) is 46.8. The number of esters is 2. The summed E-state index contributed by atoms with van der Waals surface area (Å²) in [7, 11) is 0. The van der Waals surface area contributed by atoms with Gasteiger partial charge in [-0.15, -0.1) is 0 Å². The Balaban J connectivity index is 0.000000430. The van der Waals surface area contributed by atoms with Gasteiger partial charge in [-0.05, 0) is 49.6 Å². The zero-order chi connectivity index (χ0) is 24.9. The van der Waals surface area contributed by atoms with Gasteiger partial charge in [0.15, 0.2) is 0 Å². The van der Waals surface area contributed by atoms with E-state index in [1.165, 1.54) is 61.4 Å². The fourth-order valence-corrected chi connectivity index (χ4v) is 3.08. The van der Waals surface area contributed by atoms with E-state index in [0.29, 0.717) is 12.5 Å². The van der Waals surface area contributed by atoms with Crippen molar-refractivity contribution in [1.82, 2.24) is 5.32 Å². The van der Waals surface area contributed by atoms with Crippen LogP contribution < -0.4 is 5.32 Å². The van der Waals surface area contributed by atoms with E-state index in [0.717, 1.165) is 13.1 Å². The highest BCUT2D eigenvalue weighted by Gasteiger charge is 2.41. The average Bonchev–Trinajstić information content (AvgIpc) is 2.87. The molecule has 3 unspecified atom stereocenters. The average molecular weight is 473 g/mol. The van der Waals surface area contributed by atoms with Crippen molar-refractivity contribution in [2.75, 3.05) is 19.7 Å². The van der Waals surface area contributed by atoms with Gasteiger partial charge in [0.1, 0.15) is 0 Å². The molecule has 1 saturated heterocycles. The molecular weight excluding hydrogens is 446 g/mol. The standard InChI is InChI=1S/C18H14O8.C6H13NO/c19-15(20)13(25-17(23)11-7-3-1-4-8-11)14(16(21)22)26-18(24)12-9-5-2-6-10-12;8-5-6-2-1-3-7-4-6/h1-10,13-14H,(H,19,20)(H,21,22);6-8H,1-5H2. The Kier molecular flexibility index (Phi) is 10.7. The number of ether oxygens (including phenoxy) is 2. The third-order valence-electron chi connectivity index (χ3n) is 4.91. The summed E-state index contributed by atoms with van der Waals surface area (Å²) in [6.07, 6.45) is -2.00. The van der Waals surface area contributed by atoms with Crippen LogP contribution in [0.4, 0.5) is 0 Å². The van der Waals surface area contributed by atoms with Crippen LogP contribution in [0.15, 0.2) is 60.7 Å². The van der Waals surface area contributed by atoms with Crippen LogP contribution in [-0.2, 0) is 19.1 Å². The monoisotopic (exact) mass is 473 g/mol. The van der Waals surface area contributed by atoms with Crippen molar-refractivity contribution in [2.24, 2.45) is 5.92 Å². The predicted octanol–water partition coefficient (Wildman–Crippen LogP) is 1.59. The quantitative estimate of drug-likeness (QED) is 0.415. The number of hydrogen-bond donors (Lipinski definition) is 4. The van der Waals surface area contributed by atoms with Gasteiger partial charge in [0.05, 0.1) is 11.1 Å². The van der Waals surface area contributed by atoms with Crippen molar-refractivity contribution in [3.63, 3.8) is 0 Å². The molecule has 1 heterocycles. The van der Waals surface area contributed by atoms with E-state index in [2.05, 4.69) is 5.32 Å². The van der Waals surface area contributed by atoms with E-state index in [1.54, 1.807) is 12.1 Å². The van der Waals surface area contributed by atoms with Crippen LogP contribution in [0.3, 0.4) is 0 Å². The fraction of sp³-hybridized carbons (Fsp3) is 0.333. The molecule has 2 aromatic rings. The first-order chi connectivity index (χ1) is 16.3. The van der Waals surface area contributed by atoms with E-state index >= 15 is 0 Å². The lowest BCUT2D eigenvalue weighted by Gasteiger charge is -2.21. The number of aliphatic hydroxyl groups excluding tert-OH is 1. The van der Waals surface area contributed by atoms with Crippen molar-refractivity contribution < 1.29 is 44.0 Å². The minimum atomic E-state index is -2.21. The molecule has 2 aromatic carbocycles. The Morgan fingerprint density at radius 1 is 0.824 bits per heavy atom. The molecule has 0 radical (unpaired) electrons. The van der Waals surface area contributed by atoms with Gasteiger partial charge in [0, 0.05) is 13.2 Å². The smallest absolute Gasteiger partial charge is 0.349 e. The van der Waals surface area contributed by atoms with Crippen molar-refractivity contribution >= 4 is 23.9 Å². The number of carbonyl (C=O) groups excluding carboxylic acids is 2. The topological polar surface area (TPSA) is 159 Å². The Hall–Kier alpha value is -3.76. The summed E-state index contributed by atoms with van der Waals surface area (Å²) in [5, 5.41) is 30.4. The van der Waals surface area contributed by atoms with E-state index in [1.807, 2.05) is 0 Å². The van der Waals surface area contributed by atoms with Crippen LogP contribution in [0.1, 0.15) is 33.6 Å². The van der Waals surface area contributed by atoms with Gasteiger partial charge in [0.25, 0.3) is 0 Å². The second-order valence-corrected chi connectivity index (χ2v) is 7.46. The number of nitrogens with one attached hydrogen (secondary N) is 1. The predicted molar refractivity (Wildman–Crippen MR) is 119 cm³/mol. The van der Waals surface area contributed by atoms with Gasteiger partial charge in [-0.3, -0.25) is 0 Å². The first-order valence-electron chi connectivity index (χ1n) is 10.6. The van der Waals surface area contributed by atoms with Gasteiger partial charge in [-0.1, -0.05) is 36.4 Å². The Morgan fingerprint density at radius 2 is 1.26 bits per heavy atom. The maximum atomic E-state index is 12.0. The van der Waals surface area contributed by atoms with Crippen molar-refractivity contribution in [1.29, 1.82) is 0 Å². The zero-order valence-electron chi connectivity index (χ0n) is 18.3. The number of carbonyl (C=O) groups is 4. The molecule has 10 heteroatoms. The molecule has 0 aromatic heterocycles. The SMILES string of the molecule is O=C(OC(C(=O)O)C(OC(=O)c1ccccc1)C(=O)O)c1ccccc1.OCC1CCCNC1. The van der Waals surface area contributed by atoms with Crippen LogP contribution in [0.2, 0.25) is 0 Å². The molecule has 0 bridgehead atoms. The van der Waals surface area contributed by atoms with Crippen molar-refractivity contribution in [2.45, 2.75) is 25.0 Å². The van der Waals surface area contributed by atoms with Gasteiger partial charge >= 0.3 is 23.9 Å². The lowest BCUT2D eigenvalue weighted by molar-refractivity contribution is -0.166. The van der Waals surface area contributed by atoms with Crippen LogP contribution >= 0.6 is 0 Å². The van der Waals surface area contributed by atoms with E-state index in [9.17, 15) is 29.4 Å². The van der Waals surface area contributed by atoms with Crippen LogP contribution in [0.5, 0.6) is 0 Å². The maximum Gasteiger partial charge on any atom is 0.349 e. The maximum absolute atomic E-state index is 12.0. The largest absolute Gasteiger partial charge is 0.478 e. The van der Waals surface area contributed by atoms with Crippen LogP contribution in [-0.4, -0.2) is 71.1 Å². The summed E-state index contributed by atoms with van der Waals surface area (Å²) in [6, 6.07) is 14.8. The zero-order valence-corrected chi connectivity index (χ0v) is 18.3. The molecule has 0 aliphatic carbocycles. The van der Waals surface area contributed by atoms with Crippen LogP contribution in [0.25, 0.3) is 0 Å². The summed E-state index contributed by atoms with van der Waals surface area (Å²) in [6.45, 7) is 2.50. The van der Waals surface area contributed by atoms with Crippen molar-refractivity contribution in [3.05, 3.63) is 71.8 Å². The number of aliphatic carboxylic acids is 2. The highest BCUT2D eigenvalue weighted by atomic mass is 16.6. The molecule has 1 aliphatic heterocycles. The number of carboxylic acid groups (broad SMARTS) is 2. The molecule has 34 heavy (non-hydrogen) atoms. The highest BCUT2D eigenvalue weighted by Crippen LogP contribution is 2.13. The Labute approximate surface area is 196 Å². The Bertz CT molecular complexity index is 874. The summed E-state index contributed by atoms with van der Waals surface area (Å²) in [5.74, 6) is -5.10. The molecule has 0 amide bonds. The normalized spacial score (nSPS) is 16.7. The summed E-state index contributed by atoms with van der Waals surface area (Å²) >= 11 is 0. The third kappa shape index (κ3) is 8.30. The number of piperidine rings is 1. The van der Waals surface area contributed by atoms with E-state index < -0.39 is 36.1 Å². The van der Waals surface area contributed by atoms with Crippen LogP contribution in [0, 0.1) is 5.92 Å². The first kappa shape index (κ1) is 26.5. The molecule has 1 aliphatic rings. The molecule has 0 saturated carbocycles. The third-order valence-corrected chi connectivity index (χ3v) is 4.91. The second kappa shape index (κ2) is 13.7. The van der Waals surface area contributed by atoms with Gasteiger partial charge in [0.2, 0.25) is 12.2 Å². The fourth-order valence-electron chi connectivity index (χ4n) is 3.08. The molecule has 0 spiro atoms. The number of benzene rings is 2. The van der Waals surface area contributed by atoms with Gasteiger partial charge < -0.3 is 30.1 Å². The van der Waals surface area contributed by atoms with Gasteiger partial charge in [-0.2, -0.15) is 0 Å². The second-order valence-electron chi connectivity index (χ2n) is 7.46. The van der Waals surface area contributed by atoms with Gasteiger partial charge in [-0.25, -0.2) is 19.2 Å². The first-order valence-corrected chi connectivity index (χ1v) is 10.6. The summed E-state index contributed by atoms with van der Waals surface area (Å²) < 4.78 is 9.52. The lowest BCUT2D eigenvalue weighted by Crippen LogP contribution is -2.45. The van der Waals surface area contributed by atoms with E-state index in [4.69, 9.17) is 14.6 Å². The molecule has 182 valence electrons. The minimum absolute atomic E-state index is 0.0253. The molecule has 3 atom stereocenters. The number of carboxylic acids is 2. The molecule has 3 rings (SSSR count). The molecule has 10 nitrogen and oxygen atoms in total. The summed E-state index contributed by atoms with van der Waals surface area (Å²) in [5.41, 5.74) is 0.0505. The number of rotatable bonds is 8. The number of hydrogen-bond acceptors (Lipinski definition) is 8.